The number of methoxy groups -OCH3 is 1. The van der Waals surface area contributed by atoms with Crippen LogP contribution in [-0.4, -0.2) is 98.4 Å². The Bertz CT molecular complexity index is 1540. The Balaban J connectivity index is 1.55. The van der Waals surface area contributed by atoms with Gasteiger partial charge in [-0.3, -0.25) is 14.5 Å². The molecule has 4 aromatic rings. The molecule has 2 N–H and O–H groups in total. The number of aromatic nitrogens is 6. The SMILES string of the molecule is COc1ccc(Nc2nc3ccc(N4CCN(C(=O)N(C)C)CC4)cn3c2-c2nc(C)nc(NC(C)=O)n2)cn1. The van der Waals surface area contributed by atoms with Crippen LogP contribution in [0.2, 0.25) is 0 Å². The molecule has 1 aliphatic rings. The van der Waals surface area contributed by atoms with Crippen molar-refractivity contribution in [1.29, 1.82) is 0 Å². The Morgan fingerprint density at radius 3 is 2.42 bits per heavy atom. The van der Waals surface area contributed by atoms with Crippen molar-refractivity contribution in [2.45, 2.75) is 13.8 Å². The summed E-state index contributed by atoms with van der Waals surface area (Å²) in [7, 11) is 5.08. The topological polar surface area (TPSA) is 146 Å². The second kappa shape index (κ2) is 11.0. The molecule has 5 heterocycles. The predicted molar refractivity (Wildman–Crippen MR) is 150 cm³/mol. The van der Waals surface area contributed by atoms with Crippen LogP contribution in [0.15, 0.2) is 36.7 Å². The van der Waals surface area contributed by atoms with Crippen LogP contribution in [-0.2, 0) is 4.79 Å². The van der Waals surface area contributed by atoms with Crippen LogP contribution in [0.5, 0.6) is 5.88 Å². The van der Waals surface area contributed by atoms with E-state index in [1.165, 1.54) is 6.92 Å². The second-order valence-corrected chi connectivity index (χ2v) is 9.50. The zero-order valence-corrected chi connectivity index (χ0v) is 23.0. The molecule has 14 heteroatoms. The maximum Gasteiger partial charge on any atom is 0.319 e. The molecule has 0 aliphatic carbocycles. The minimum absolute atomic E-state index is 0.0101. The highest BCUT2D eigenvalue weighted by Crippen LogP contribution is 2.32. The van der Waals surface area contributed by atoms with Crippen molar-refractivity contribution in [3.8, 4) is 17.4 Å². The van der Waals surface area contributed by atoms with Crippen molar-refractivity contribution in [3.05, 3.63) is 42.5 Å². The minimum atomic E-state index is -0.286. The van der Waals surface area contributed by atoms with Crippen molar-refractivity contribution >= 4 is 40.7 Å². The molecule has 0 unspecified atom stereocenters. The standard InChI is InChI=1S/C26H31N11O3/c1-16-28-23(33-25(29-16)30-17(2)38)22-24(31-18-6-9-21(40-5)27-14-18)32-20-8-7-19(15-37(20)22)35-10-12-36(13-11-35)26(39)34(3)4/h6-9,14-15,31H,10-13H2,1-5H3,(H,28,29,30,33,38). The fourth-order valence-corrected chi connectivity index (χ4v) is 4.47. The maximum atomic E-state index is 12.4. The van der Waals surface area contributed by atoms with Gasteiger partial charge in [-0.25, -0.2) is 19.7 Å². The van der Waals surface area contributed by atoms with Crippen molar-refractivity contribution in [2.75, 3.05) is 62.9 Å². The van der Waals surface area contributed by atoms with Crippen molar-refractivity contribution in [2.24, 2.45) is 0 Å². The first-order valence-corrected chi connectivity index (χ1v) is 12.7. The fraction of sp³-hybridized carbons (Fsp3) is 0.346. The van der Waals surface area contributed by atoms with E-state index in [4.69, 9.17) is 9.72 Å². The highest BCUT2D eigenvalue weighted by atomic mass is 16.5. The molecule has 1 saturated heterocycles. The van der Waals surface area contributed by atoms with Crippen LogP contribution in [0, 0.1) is 6.92 Å². The number of anilines is 4. The van der Waals surface area contributed by atoms with E-state index < -0.39 is 0 Å². The van der Waals surface area contributed by atoms with Crippen LogP contribution in [0.3, 0.4) is 0 Å². The molecular weight excluding hydrogens is 514 g/mol. The third kappa shape index (κ3) is 5.55. The smallest absolute Gasteiger partial charge is 0.319 e. The Kier molecular flexibility index (Phi) is 7.31. The van der Waals surface area contributed by atoms with E-state index in [1.807, 2.05) is 33.7 Å². The monoisotopic (exact) mass is 545 g/mol. The number of hydrogen-bond acceptors (Lipinski definition) is 10. The van der Waals surface area contributed by atoms with Gasteiger partial charge in [0.05, 0.1) is 24.7 Å². The number of fused-ring (bicyclic) bond motifs is 1. The first-order valence-electron chi connectivity index (χ1n) is 12.7. The van der Waals surface area contributed by atoms with Crippen LogP contribution in [0.25, 0.3) is 17.2 Å². The van der Waals surface area contributed by atoms with Crippen molar-refractivity contribution < 1.29 is 14.3 Å². The van der Waals surface area contributed by atoms with Crippen LogP contribution in [0.4, 0.5) is 27.9 Å². The molecule has 4 aromatic heterocycles. The lowest BCUT2D eigenvalue weighted by Gasteiger charge is -2.37. The number of imidazole rings is 1. The van der Waals surface area contributed by atoms with E-state index in [1.54, 1.807) is 45.3 Å². The van der Waals surface area contributed by atoms with Gasteiger partial charge < -0.3 is 24.8 Å². The molecule has 0 spiro atoms. The number of carbonyl (C=O) groups excluding carboxylic acids is 2. The molecule has 40 heavy (non-hydrogen) atoms. The number of carbonyl (C=O) groups is 2. The molecule has 0 radical (unpaired) electrons. The zero-order valence-electron chi connectivity index (χ0n) is 23.0. The minimum Gasteiger partial charge on any atom is -0.481 e. The van der Waals surface area contributed by atoms with Gasteiger partial charge in [-0.2, -0.15) is 9.97 Å². The van der Waals surface area contributed by atoms with Crippen molar-refractivity contribution in [3.63, 3.8) is 0 Å². The van der Waals surface area contributed by atoms with Crippen LogP contribution < -0.4 is 20.3 Å². The Hall–Kier alpha value is -5.01. The fourth-order valence-electron chi connectivity index (χ4n) is 4.47. The van der Waals surface area contributed by atoms with Gasteiger partial charge in [0.2, 0.25) is 17.7 Å². The number of nitrogens with zero attached hydrogens (tertiary/aromatic N) is 9. The molecule has 208 valence electrons. The number of aryl methyl sites for hydroxylation is 1. The van der Waals surface area contributed by atoms with E-state index in [9.17, 15) is 9.59 Å². The summed E-state index contributed by atoms with van der Waals surface area (Å²) in [5.74, 6) is 1.65. The first kappa shape index (κ1) is 26.6. The van der Waals surface area contributed by atoms with E-state index in [0.717, 1.165) is 5.69 Å². The second-order valence-electron chi connectivity index (χ2n) is 9.50. The van der Waals surface area contributed by atoms with Gasteiger partial charge in [0.1, 0.15) is 17.2 Å². The van der Waals surface area contributed by atoms with Crippen LogP contribution in [0.1, 0.15) is 12.7 Å². The molecule has 0 bridgehead atoms. The summed E-state index contributed by atoms with van der Waals surface area (Å²) < 4.78 is 7.09. The Morgan fingerprint density at radius 2 is 1.77 bits per heavy atom. The predicted octanol–water partition coefficient (Wildman–Crippen LogP) is 2.40. The number of rotatable bonds is 6. The summed E-state index contributed by atoms with van der Waals surface area (Å²) in [6.07, 6.45) is 3.63. The lowest BCUT2D eigenvalue weighted by molar-refractivity contribution is -0.114. The summed E-state index contributed by atoms with van der Waals surface area (Å²) >= 11 is 0. The normalized spacial score (nSPS) is 13.3. The van der Waals surface area contributed by atoms with Gasteiger partial charge in [0, 0.05) is 59.5 Å². The van der Waals surface area contributed by atoms with E-state index in [0.29, 0.717) is 66.6 Å². The molecule has 14 nitrogen and oxygen atoms in total. The average Bonchev–Trinajstić information content (AvgIpc) is 3.29. The highest BCUT2D eigenvalue weighted by Gasteiger charge is 2.24. The van der Waals surface area contributed by atoms with Gasteiger partial charge in [-0.15, -0.1) is 0 Å². The van der Waals surface area contributed by atoms with Crippen molar-refractivity contribution in [1.82, 2.24) is 39.1 Å². The number of urea groups is 1. The van der Waals surface area contributed by atoms with Crippen LogP contribution >= 0.6 is 0 Å². The number of ether oxygens (including phenoxy) is 1. The van der Waals surface area contributed by atoms with Gasteiger partial charge in [0.15, 0.2) is 11.6 Å². The summed E-state index contributed by atoms with van der Waals surface area (Å²) in [4.78, 5) is 52.2. The number of amides is 3. The molecule has 0 saturated carbocycles. The summed E-state index contributed by atoms with van der Waals surface area (Å²) in [5, 5.41) is 5.96. The summed E-state index contributed by atoms with van der Waals surface area (Å²) in [6, 6.07) is 7.53. The van der Waals surface area contributed by atoms with Gasteiger partial charge in [0.25, 0.3) is 0 Å². The van der Waals surface area contributed by atoms with Gasteiger partial charge >= 0.3 is 6.03 Å². The van der Waals surface area contributed by atoms with Gasteiger partial charge in [-0.1, -0.05) is 0 Å². The summed E-state index contributed by atoms with van der Waals surface area (Å²) in [6.45, 7) is 5.76. The highest BCUT2D eigenvalue weighted by molar-refractivity contribution is 5.87. The molecule has 3 amide bonds. The Morgan fingerprint density at radius 1 is 1.00 bits per heavy atom. The number of piperazine rings is 1. The van der Waals surface area contributed by atoms with E-state index >= 15 is 0 Å². The molecule has 0 atom stereocenters. The Labute approximate surface area is 231 Å². The molecular formula is C26H31N11O3. The summed E-state index contributed by atoms with van der Waals surface area (Å²) in [5.41, 5.74) is 2.92. The third-order valence-corrected chi connectivity index (χ3v) is 6.36. The van der Waals surface area contributed by atoms with E-state index in [2.05, 4.69) is 35.5 Å². The number of hydrogen-bond donors (Lipinski definition) is 2. The average molecular weight is 546 g/mol. The molecule has 1 aliphatic heterocycles. The third-order valence-electron chi connectivity index (χ3n) is 6.36. The first-order chi connectivity index (χ1) is 19.2. The largest absolute Gasteiger partial charge is 0.481 e. The maximum absolute atomic E-state index is 12.4. The molecule has 1 fully saturated rings. The molecule has 5 rings (SSSR count). The lowest BCUT2D eigenvalue weighted by atomic mass is 10.2. The number of nitrogens with one attached hydrogen (secondary N) is 2. The molecule has 0 aromatic carbocycles. The number of pyridine rings is 2. The quantitative estimate of drug-likeness (QED) is 0.370. The van der Waals surface area contributed by atoms with E-state index in [-0.39, 0.29) is 17.9 Å². The lowest BCUT2D eigenvalue weighted by Crippen LogP contribution is -2.51. The zero-order chi connectivity index (χ0) is 28.4. The van der Waals surface area contributed by atoms with Gasteiger partial charge in [-0.05, 0) is 25.1 Å².